The molecule has 4 nitrogen and oxygen atoms in total. The fourth-order valence-electron chi connectivity index (χ4n) is 2.36. The van der Waals surface area contributed by atoms with E-state index in [9.17, 15) is 4.79 Å². The van der Waals surface area contributed by atoms with E-state index in [2.05, 4.69) is 0 Å². The molecular weight excluding hydrogens is 206 g/mol. The summed E-state index contributed by atoms with van der Waals surface area (Å²) in [5.41, 5.74) is 6.95. The molecule has 0 aliphatic carbocycles. The van der Waals surface area contributed by atoms with Gasteiger partial charge >= 0.3 is 0 Å². The second-order valence-corrected chi connectivity index (χ2v) is 4.45. The number of rotatable bonds is 1. The van der Waals surface area contributed by atoms with E-state index >= 15 is 0 Å². The van der Waals surface area contributed by atoms with Gasteiger partial charge in [-0.3, -0.25) is 4.79 Å². The Kier molecular flexibility index (Phi) is 1.94. The third kappa shape index (κ3) is 1.23. The molecule has 1 fully saturated rings. The number of carbonyl (C=O) groups is 1. The molecule has 1 aromatic rings. The van der Waals surface area contributed by atoms with Crippen LogP contribution in [0, 0.1) is 0 Å². The maximum absolute atomic E-state index is 11.2. The van der Waals surface area contributed by atoms with E-state index in [1.165, 1.54) is 0 Å². The van der Waals surface area contributed by atoms with Gasteiger partial charge in [0.15, 0.2) is 0 Å². The lowest BCUT2D eigenvalue weighted by atomic mass is 9.74. The molecule has 1 amide bonds. The fraction of sp³-hybridized carbons (Fsp3) is 0.417. The molecule has 0 aromatic heterocycles. The molecule has 84 valence electrons. The number of nitrogens with two attached hydrogens (primary N) is 1. The fourth-order valence-corrected chi connectivity index (χ4v) is 2.36. The number of hydrogen-bond acceptors (Lipinski definition) is 3. The van der Waals surface area contributed by atoms with Crippen LogP contribution in [0.15, 0.2) is 18.2 Å². The van der Waals surface area contributed by atoms with Crippen molar-refractivity contribution in [1.82, 2.24) is 0 Å². The van der Waals surface area contributed by atoms with Crippen molar-refractivity contribution < 1.29 is 14.3 Å². The van der Waals surface area contributed by atoms with E-state index < -0.39 is 5.91 Å². The Morgan fingerprint density at radius 2 is 2.19 bits per heavy atom. The number of ether oxygens (including phenoxy) is 2. The molecule has 1 spiro atoms. The molecule has 3 rings (SSSR count). The lowest BCUT2D eigenvalue weighted by Gasteiger charge is -2.45. The van der Waals surface area contributed by atoms with Gasteiger partial charge in [0, 0.05) is 16.5 Å². The van der Waals surface area contributed by atoms with Crippen LogP contribution in [0.25, 0.3) is 0 Å². The Labute approximate surface area is 93.3 Å². The topological polar surface area (TPSA) is 61.6 Å². The van der Waals surface area contributed by atoms with Gasteiger partial charge in [0.05, 0.1) is 19.8 Å². The van der Waals surface area contributed by atoms with Crippen molar-refractivity contribution in [2.24, 2.45) is 5.73 Å². The molecule has 0 bridgehead atoms. The number of benzene rings is 1. The molecule has 4 heteroatoms. The Bertz CT molecular complexity index is 452. The molecule has 16 heavy (non-hydrogen) atoms. The Balaban J connectivity index is 2.10. The highest BCUT2D eigenvalue weighted by Crippen LogP contribution is 2.43. The first-order valence-corrected chi connectivity index (χ1v) is 5.36. The summed E-state index contributed by atoms with van der Waals surface area (Å²) in [4.78, 5) is 11.2. The summed E-state index contributed by atoms with van der Waals surface area (Å²) in [6.07, 6.45) is 0.947. The lowest BCUT2D eigenvalue weighted by Crippen LogP contribution is -2.49. The molecule has 0 saturated carbocycles. The first-order chi connectivity index (χ1) is 7.71. The van der Waals surface area contributed by atoms with Gasteiger partial charge in [-0.1, -0.05) is 0 Å². The molecule has 0 atom stereocenters. The summed E-state index contributed by atoms with van der Waals surface area (Å²) in [5.74, 6) is 0.461. The van der Waals surface area contributed by atoms with E-state index in [0.29, 0.717) is 25.4 Å². The molecule has 2 N–H and O–H groups in total. The van der Waals surface area contributed by atoms with E-state index in [1.54, 1.807) is 6.07 Å². The largest absolute Gasteiger partial charge is 0.493 e. The van der Waals surface area contributed by atoms with Gasteiger partial charge in [-0.05, 0) is 24.6 Å². The standard InChI is InChI=1S/C12H13NO3/c13-11(14)8-1-2-10-9(5-8)12(3-4-16-10)6-15-7-12/h1-2,5H,3-4,6-7H2,(H2,13,14). The van der Waals surface area contributed by atoms with Crippen LogP contribution in [-0.2, 0) is 10.2 Å². The Morgan fingerprint density at radius 3 is 2.81 bits per heavy atom. The second-order valence-electron chi connectivity index (χ2n) is 4.45. The van der Waals surface area contributed by atoms with Crippen LogP contribution < -0.4 is 10.5 Å². The van der Waals surface area contributed by atoms with Crippen molar-refractivity contribution in [3.8, 4) is 5.75 Å². The SMILES string of the molecule is NC(=O)c1ccc2c(c1)C1(CCO2)COC1. The number of amides is 1. The van der Waals surface area contributed by atoms with Crippen LogP contribution in [0.2, 0.25) is 0 Å². The van der Waals surface area contributed by atoms with Gasteiger partial charge in [0.2, 0.25) is 5.91 Å². The summed E-state index contributed by atoms with van der Waals surface area (Å²) in [7, 11) is 0. The van der Waals surface area contributed by atoms with E-state index in [0.717, 1.165) is 17.7 Å². The molecule has 1 aromatic carbocycles. The van der Waals surface area contributed by atoms with Gasteiger partial charge in [0.1, 0.15) is 5.75 Å². The summed E-state index contributed by atoms with van der Waals surface area (Å²) in [6.45, 7) is 2.14. The maximum atomic E-state index is 11.2. The van der Waals surface area contributed by atoms with Crippen LogP contribution >= 0.6 is 0 Å². The summed E-state index contributed by atoms with van der Waals surface area (Å²) >= 11 is 0. The smallest absolute Gasteiger partial charge is 0.248 e. The summed E-state index contributed by atoms with van der Waals surface area (Å²) in [5, 5.41) is 0. The Morgan fingerprint density at radius 1 is 1.38 bits per heavy atom. The summed E-state index contributed by atoms with van der Waals surface area (Å²) in [6, 6.07) is 5.38. The zero-order valence-corrected chi connectivity index (χ0v) is 8.86. The van der Waals surface area contributed by atoms with Gasteiger partial charge in [-0.25, -0.2) is 0 Å². The highest BCUT2D eigenvalue weighted by molar-refractivity contribution is 5.93. The first-order valence-electron chi connectivity index (χ1n) is 5.36. The van der Waals surface area contributed by atoms with E-state index in [-0.39, 0.29) is 5.41 Å². The maximum Gasteiger partial charge on any atom is 0.248 e. The molecule has 1 saturated heterocycles. The highest BCUT2D eigenvalue weighted by Gasteiger charge is 2.44. The molecule has 0 radical (unpaired) electrons. The van der Waals surface area contributed by atoms with Crippen molar-refractivity contribution in [2.45, 2.75) is 11.8 Å². The minimum atomic E-state index is -0.399. The van der Waals surface area contributed by atoms with Crippen LogP contribution in [0.3, 0.4) is 0 Å². The first kappa shape index (κ1) is 9.66. The molecule has 0 unspecified atom stereocenters. The minimum absolute atomic E-state index is 0.0546. The quantitative estimate of drug-likeness (QED) is 0.761. The molecule has 2 aliphatic heterocycles. The molecule has 2 aliphatic rings. The average Bonchev–Trinajstić information content (AvgIpc) is 2.25. The normalized spacial score (nSPS) is 20.8. The number of hydrogen-bond donors (Lipinski definition) is 1. The van der Waals surface area contributed by atoms with Crippen LogP contribution in [0.1, 0.15) is 22.3 Å². The van der Waals surface area contributed by atoms with Crippen molar-refractivity contribution in [2.75, 3.05) is 19.8 Å². The second kappa shape index (κ2) is 3.22. The number of primary amides is 1. The molecule has 2 heterocycles. The third-order valence-corrected chi connectivity index (χ3v) is 3.43. The number of fused-ring (bicyclic) bond motifs is 2. The predicted molar refractivity (Wildman–Crippen MR) is 57.6 cm³/mol. The van der Waals surface area contributed by atoms with Gasteiger partial charge in [-0.15, -0.1) is 0 Å². The van der Waals surface area contributed by atoms with Gasteiger partial charge in [-0.2, -0.15) is 0 Å². The predicted octanol–water partition coefficient (Wildman–Crippen LogP) is 0.836. The van der Waals surface area contributed by atoms with Crippen molar-refractivity contribution in [3.63, 3.8) is 0 Å². The van der Waals surface area contributed by atoms with Crippen molar-refractivity contribution in [3.05, 3.63) is 29.3 Å². The van der Waals surface area contributed by atoms with Gasteiger partial charge < -0.3 is 15.2 Å². The zero-order valence-electron chi connectivity index (χ0n) is 8.86. The Hall–Kier alpha value is -1.55. The van der Waals surface area contributed by atoms with Crippen molar-refractivity contribution >= 4 is 5.91 Å². The van der Waals surface area contributed by atoms with Gasteiger partial charge in [0.25, 0.3) is 0 Å². The van der Waals surface area contributed by atoms with Crippen LogP contribution in [0.4, 0.5) is 0 Å². The molecular formula is C12H13NO3. The van der Waals surface area contributed by atoms with Crippen LogP contribution in [0.5, 0.6) is 5.75 Å². The van der Waals surface area contributed by atoms with E-state index in [1.807, 2.05) is 12.1 Å². The zero-order chi connectivity index (χ0) is 11.2. The van der Waals surface area contributed by atoms with Crippen LogP contribution in [-0.4, -0.2) is 25.7 Å². The summed E-state index contributed by atoms with van der Waals surface area (Å²) < 4.78 is 10.9. The number of carbonyl (C=O) groups excluding carboxylic acids is 1. The monoisotopic (exact) mass is 219 g/mol. The lowest BCUT2D eigenvalue weighted by molar-refractivity contribution is -0.0766. The minimum Gasteiger partial charge on any atom is -0.493 e. The average molecular weight is 219 g/mol. The highest BCUT2D eigenvalue weighted by atomic mass is 16.5. The van der Waals surface area contributed by atoms with Crippen molar-refractivity contribution in [1.29, 1.82) is 0 Å². The van der Waals surface area contributed by atoms with E-state index in [4.69, 9.17) is 15.2 Å². The third-order valence-electron chi connectivity index (χ3n) is 3.43.